The molecule has 0 aromatic carbocycles. The molecule has 88 valence electrons. The summed E-state index contributed by atoms with van der Waals surface area (Å²) in [5, 5.41) is 11.8. The molecule has 3 N–H and O–H groups in total. The van der Waals surface area contributed by atoms with Crippen molar-refractivity contribution in [3.63, 3.8) is 0 Å². The zero-order valence-electron chi connectivity index (χ0n) is 8.14. The second-order valence-corrected chi connectivity index (χ2v) is 3.80. The van der Waals surface area contributed by atoms with Gasteiger partial charge in [-0.05, 0) is 18.0 Å². The topological polar surface area (TPSA) is 74.7 Å². The molecule has 4 nitrogen and oxygen atoms in total. The third kappa shape index (κ3) is 3.58. The second kappa shape index (κ2) is 5.03. The van der Waals surface area contributed by atoms with Gasteiger partial charge < -0.3 is 11.1 Å². The fourth-order valence-electron chi connectivity index (χ4n) is 1.02. The summed E-state index contributed by atoms with van der Waals surface area (Å²) in [6.07, 6.45) is -5.05. The van der Waals surface area contributed by atoms with Crippen LogP contribution in [0.3, 0.4) is 0 Å². The van der Waals surface area contributed by atoms with E-state index in [4.69, 9.17) is 11.0 Å². The monoisotopic (exact) mass is 250 g/mol. The lowest BCUT2D eigenvalue weighted by Gasteiger charge is -2.06. The quantitative estimate of drug-likeness (QED) is 0.804. The summed E-state index contributed by atoms with van der Waals surface area (Å²) in [6.45, 7) is 0.135. The van der Waals surface area contributed by atoms with E-state index in [0.717, 1.165) is 11.5 Å². The largest absolute Gasteiger partial charge is 0.389 e. The maximum absolute atomic E-state index is 11.8. The van der Waals surface area contributed by atoms with Crippen molar-refractivity contribution in [3.8, 4) is 6.07 Å². The predicted molar refractivity (Wildman–Crippen MR) is 55.0 cm³/mol. The summed E-state index contributed by atoms with van der Waals surface area (Å²) in [5.74, 6) is 0.103. The van der Waals surface area contributed by atoms with E-state index in [9.17, 15) is 13.2 Å². The van der Waals surface area contributed by atoms with Crippen molar-refractivity contribution in [3.05, 3.63) is 5.56 Å². The SMILES string of the molecule is N#Cc1c(N)nsc1NCCCC(F)(F)F. The van der Waals surface area contributed by atoms with Crippen LogP contribution in [0.4, 0.5) is 24.0 Å². The first-order valence-electron chi connectivity index (χ1n) is 4.40. The number of hydrogen-bond acceptors (Lipinski definition) is 5. The number of nitriles is 1. The number of nitrogens with one attached hydrogen (secondary N) is 1. The highest BCUT2D eigenvalue weighted by Gasteiger charge is 2.25. The zero-order chi connectivity index (χ0) is 12.2. The minimum atomic E-state index is -4.15. The number of alkyl halides is 3. The molecule has 0 bridgehead atoms. The molecular weight excluding hydrogens is 241 g/mol. The van der Waals surface area contributed by atoms with Gasteiger partial charge in [-0.15, -0.1) is 0 Å². The molecule has 1 aromatic rings. The number of rotatable bonds is 4. The Morgan fingerprint density at radius 1 is 1.50 bits per heavy atom. The molecule has 16 heavy (non-hydrogen) atoms. The van der Waals surface area contributed by atoms with Crippen molar-refractivity contribution in [2.75, 3.05) is 17.6 Å². The van der Waals surface area contributed by atoms with Gasteiger partial charge in [0.25, 0.3) is 0 Å². The number of anilines is 2. The van der Waals surface area contributed by atoms with E-state index in [1.165, 1.54) is 0 Å². The molecule has 0 fully saturated rings. The van der Waals surface area contributed by atoms with Crippen LogP contribution in [-0.2, 0) is 0 Å². The second-order valence-electron chi connectivity index (χ2n) is 3.03. The lowest BCUT2D eigenvalue weighted by atomic mass is 10.3. The summed E-state index contributed by atoms with van der Waals surface area (Å²) >= 11 is 0.969. The third-order valence-corrected chi connectivity index (χ3v) is 2.57. The maximum atomic E-state index is 11.8. The van der Waals surface area contributed by atoms with Crippen LogP contribution in [0.2, 0.25) is 0 Å². The molecule has 0 amide bonds. The van der Waals surface area contributed by atoms with Crippen LogP contribution < -0.4 is 11.1 Å². The molecule has 0 atom stereocenters. The minimum absolute atomic E-state index is 0.0494. The van der Waals surface area contributed by atoms with Crippen molar-refractivity contribution in [1.29, 1.82) is 5.26 Å². The van der Waals surface area contributed by atoms with Crippen LogP contribution in [0.15, 0.2) is 0 Å². The van der Waals surface area contributed by atoms with Crippen molar-refractivity contribution in [2.45, 2.75) is 19.0 Å². The Bertz CT molecular complexity index is 393. The van der Waals surface area contributed by atoms with Gasteiger partial charge in [-0.25, -0.2) is 0 Å². The Morgan fingerprint density at radius 2 is 2.19 bits per heavy atom. The predicted octanol–water partition coefficient (Wildman–Crippen LogP) is 2.35. The van der Waals surface area contributed by atoms with Crippen molar-refractivity contribution < 1.29 is 13.2 Å². The Balaban J connectivity index is 2.41. The lowest BCUT2D eigenvalue weighted by Crippen LogP contribution is -2.10. The Labute approximate surface area is 94.0 Å². The molecule has 0 aliphatic carbocycles. The van der Waals surface area contributed by atoms with Gasteiger partial charge in [-0.3, -0.25) is 0 Å². The van der Waals surface area contributed by atoms with Crippen LogP contribution in [0, 0.1) is 11.3 Å². The van der Waals surface area contributed by atoms with Crippen LogP contribution >= 0.6 is 11.5 Å². The fraction of sp³-hybridized carbons (Fsp3) is 0.500. The first kappa shape index (κ1) is 12.6. The van der Waals surface area contributed by atoms with Crippen LogP contribution in [0.25, 0.3) is 0 Å². The molecule has 0 unspecified atom stereocenters. The molecule has 1 aromatic heterocycles. The summed E-state index contributed by atoms with van der Waals surface area (Å²) in [6, 6.07) is 1.84. The van der Waals surface area contributed by atoms with E-state index >= 15 is 0 Å². The molecule has 0 aliphatic heterocycles. The normalized spacial score (nSPS) is 11.1. The highest BCUT2D eigenvalue weighted by molar-refractivity contribution is 7.10. The van der Waals surface area contributed by atoms with Gasteiger partial charge >= 0.3 is 6.18 Å². The Morgan fingerprint density at radius 3 is 2.75 bits per heavy atom. The maximum Gasteiger partial charge on any atom is 0.389 e. The van der Waals surface area contributed by atoms with Gasteiger partial charge in [0.1, 0.15) is 16.6 Å². The third-order valence-electron chi connectivity index (χ3n) is 1.75. The van der Waals surface area contributed by atoms with Gasteiger partial charge in [0.2, 0.25) is 0 Å². The molecule has 0 spiro atoms. The lowest BCUT2D eigenvalue weighted by molar-refractivity contribution is -0.134. The molecule has 0 aliphatic rings. The van der Waals surface area contributed by atoms with Crippen molar-refractivity contribution >= 4 is 22.4 Å². The summed E-state index contributed by atoms with van der Waals surface area (Å²) in [7, 11) is 0. The average Bonchev–Trinajstić information content (AvgIpc) is 2.52. The van der Waals surface area contributed by atoms with Crippen molar-refractivity contribution in [1.82, 2.24) is 4.37 Å². The molecule has 1 heterocycles. The number of halogens is 3. The van der Waals surface area contributed by atoms with Crippen LogP contribution in [0.1, 0.15) is 18.4 Å². The van der Waals surface area contributed by atoms with Gasteiger partial charge in [0.15, 0.2) is 5.82 Å². The number of nitrogen functional groups attached to an aromatic ring is 1. The van der Waals surface area contributed by atoms with E-state index < -0.39 is 12.6 Å². The average molecular weight is 250 g/mol. The first-order chi connectivity index (χ1) is 7.44. The first-order valence-corrected chi connectivity index (χ1v) is 5.17. The van der Waals surface area contributed by atoms with Crippen LogP contribution in [0.5, 0.6) is 0 Å². The molecule has 0 saturated heterocycles. The van der Waals surface area contributed by atoms with E-state index in [-0.39, 0.29) is 24.3 Å². The van der Waals surface area contributed by atoms with Gasteiger partial charge in [0.05, 0.1) is 0 Å². The molecule has 8 heteroatoms. The number of nitrogens with two attached hydrogens (primary N) is 1. The van der Waals surface area contributed by atoms with E-state index in [1.807, 2.05) is 6.07 Å². The Hall–Kier alpha value is -1.49. The van der Waals surface area contributed by atoms with Crippen molar-refractivity contribution in [2.24, 2.45) is 0 Å². The fourth-order valence-corrected chi connectivity index (χ4v) is 1.71. The van der Waals surface area contributed by atoms with Gasteiger partial charge in [-0.2, -0.15) is 22.8 Å². The van der Waals surface area contributed by atoms with Gasteiger partial charge in [0, 0.05) is 13.0 Å². The number of hydrogen-bond donors (Lipinski definition) is 2. The number of aromatic nitrogens is 1. The molecule has 0 radical (unpaired) electrons. The van der Waals surface area contributed by atoms with E-state index in [0.29, 0.717) is 5.00 Å². The highest BCUT2D eigenvalue weighted by atomic mass is 32.1. The Kier molecular flexibility index (Phi) is 3.95. The summed E-state index contributed by atoms with van der Waals surface area (Å²) in [4.78, 5) is 0. The standard InChI is InChI=1S/C8H9F3N4S/c9-8(10,11)2-1-3-14-7-5(4-12)6(13)15-16-7/h14H,1-3H2,(H2,13,15). The molecular formula is C8H9F3N4S. The minimum Gasteiger partial charge on any atom is -0.382 e. The zero-order valence-corrected chi connectivity index (χ0v) is 8.95. The van der Waals surface area contributed by atoms with E-state index in [1.54, 1.807) is 0 Å². The van der Waals surface area contributed by atoms with Crippen LogP contribution in [-0.4, -0.2) is 17.1 Å². The smallest absolute Gasteiger partial charge is 0.382 e. The molecule has 1 rings (SSSR count). The van der Waals surface area contributed by atoms with E-state index in [2.05, 4.69) is 9.69 Å². The highest BCUT2D eigenvalue weighted by Crippen LogP contribution is 2.26. The number of nitrogens with zero attached hydrogens (tertiary/aromatic N) is 2. The van der Waals surface area contributed by atoms with Gasteiger partial charge in [-0.1, -0.05) is 0 Å². The summed E-state index contributed by atoms with van der Waals surface area (Å²) in [5.41, 5.74) is 5.57. The summed E-state index contributed by atoms with van der Waals surface area (Å²) < 4.78 is 39.2. The molecule has 0 saturated carbocycles.